The Balaban J connectivity index is 1.91. The first-order valence-electron chi connectivity index (χ1n) is 6.44. The molecule has 0 saturated carbocycles. The van der Waals surface area contributed by atoms with E-state index < -0.39 is 0 Å². The summed E-state index contributed by atoms with van der Waals surface area (Å²) < 4.78 is 0. The van der Waals surface area contributed by atoms with Crippen LogP contribution in [-0.2, 0) is 0 Å². The van der Waals surface area contributed by atoms with Crippen LogP contribution in [0.25, 0.3) is 22.6 Å². The van der Waals surface area contributed by atoms with Gasteiger partial charge in [0.1, 0.15) is 11.4 Å². The average molecular weight is 262 g/mol. The van der Waals surface area contributed by atoms with Crippen LogP contribution in [0.15, 0.2) is 48.5 Å². The van der Waals surface area contributed by atoms with Crippen molar-refractivity contribution in [2.24, 2.45) is 0 Å². The Morgan fingerprint density at radius 1 is 0.550 bits per heavy atom. The predicted octanol–water partition coefficient (Wildman–Crippen LogP) is 3.22. The van der Waals surface area contributed by atoms with Crippen molar-refractivity contribution in [3.05, 3.63) is 59.8 Å². The molecule has 2 heterocycles. The van der Waals surface area contributed by atoms with Crippen molar-refractivity contribution in [3.63, 3.8) is 0 Å². The Morgan fingerprint density at radius 3 is 1.65 bits per heavy atom. The summed E-state index contributed by atoms with van der Waals surface area (Å²) in [6.07, 6.45) is 0. The second kappa shape index (κ2) is 5.17. The molecule has 0 saturated heterocycles. The van der Waals surface area contributed by atoms with Crippen LogP contribution in [0.4, 0.5) is 0 Å². The minimum atomic E-state index is 0.730. The SMILES string of the molecule is Cc1ccc(-c2ccc(-c3ccc(C)nn3)nn2)cc1. The summed E-state index contributed by atoms with van der Waals surface area (Å²) in [5, 5.41) is 16.6. The zero-order valence-electron chi connectivity index (χ0n) is 11.4. The number of hydrogen-bond acceptors (Lipinski definition) is 4. The fourth-order valence-electron chi connectivity index (χ4n) is 1.88. The van der Waals surface area contributed by atoms with Gasteiger partial charge in [-0.25, -0.2) is 0 Å². The first kappa shape index (κ1) is 12.4. The molecular formula is C16H14N4. The van der Waals surface area contributed by atoms with Gasteiger partial charge in [-0.05, 0) is 38.1 Å². The summed E-state index contributed by atoms with van der Waals surface area (Å²) >= 11 is 0. The van der Waals surface area contributed by atoms with Crippen molar-refractivity contribution in [2.45, 2.75) is 13.8 Å². The lowest BCUT2D eigenvalue weighted by molar-refractivity contribution is 0.963. The Kier molecular flexibility index (Phi) is 3.21. The zero-order chi connectivity index (χ0) is 13.9. The number of hydrogen-bond donors (Lipinski definition) is 0. The minimum absolute atomic E-state index is 0.730. The summed E-state index contributed by atoms with van der Waals surface area (Å²) in [7, 11) is 0. The molecule has 0 aliphatic rings. The van der Waals surface area contributed by atoms with Crippen molar-refractivity contribution in [1.29, 1.82) is 0 Å². The molecule has 0 spiro atoms. The van der Waals surface area contributed by atoms with Gasteiger partial charge in [0.2, 0.25) is 0 Å². The summed E-state index contributed by atoms with van der Waals surface area (Å²) in [4.78, 5) is 0. The summed E-state index contributed by atoms with van der Waals surface area (Å²) in [6, 6.07) is 15.9. The number of rotatable bonds is 2. The highest BCUT2D eigenvalue weighted by molar-refractivity contribution is 5.61. The standard InChI is InChI=1S/C16H14N4/c1-11-3-6-13(7-4-11)14-9-10-16(20-18-14)15-8-5-12(2)17-19-15/h3-10H,1-2H3. The van der Waals surface area contributed by atoms with E-state index in [4.69, 9.17) is 0 Å². The Hall–Kier alpha value is -2.62. The van der Waals surface area contributed by atoms with E-state index in [2.05, 4.69) is 39.5 Å². The van der Waals surface area contributed by atoms with Gasteiger partial charge < -0.3 is 0 Å². The molecule has 0 unspecified atom stereocenters. The lowest BCUT2D eigenvalue weighted by Gasteiger charge is -2.02. The van der Waals surface area contributed by atoms with Crippen LogP contribution in [0.5, 0.6) is 0 Å². The summed E-state index contributed by atoms with van der Waals surface area (Å²) in [5.41, 5.74) is 5.50. The molecule has 1 aromatic carbocycles. The molecule has 2 aromatic heterocycles. The first-order chi connectivity index (χ1) is 9.72. The fourth-order valence-corrected chi connectivity index (χ4v) is 1.88. The molecule has 3 rings (SSSR count). The summed E-state index contributed by atoms with van der Waals surface area (Å²) in [6.45, 7) is 3.97. The molecule has 0 radical (unpaired) electrons. The Bertz CT molecular complexity index is 636. The van der Waals surface area contributed by atoms with E-state index in [9.17, 15) is 0 Å². The van der Waals surface area contributed by atoms with E-state index in [1.165, 1.54) is 5.56 Å². The van der Waals surface area contributed by atoms with Crippen LogP contribution in [0.1, 0.15) is 11.3 Å². The molecule has 0 fully saturated rings. The van der Waals surface area contributed by atoms with E-state index in [0.29, 0.717) is 0 Å². The van der Waals surface area contributed by atoms with Gasteiger partial charge in [0.05, 0.1) is 11.4 Å². The molecule has 20 heavy (non-hydrogen) atoms. The maximum Gasteiger partial charge on any atom is 0.113 e. The highest BCUT2D eigenvalue weighted by atomic mass is 15.1. The topological polar surface area (TPSA) is 51.6 Å². The molecule has 4 heteroatoms. The number of benzene rings is 1. The van der Waals surface area contributed by atoms with Crippen molar-refractivity contribution >= 4 is 0 Å². The summed E-state index contributed by atoms with van der Waals surface area (Å²) in [5.74, 6) is 0. The maximum absolute atomic E-state index is 4.26. The van der Waals surface area contributed by atoms with Crippen molar-refractivity contribution in [3.8, 4) is 22.6 Å². The average Bonchev–Trinajstić information content (AvgIpc) is 2.49. The van der Waals surface area contributed by atoms with Gasteiger partial charge in [-0.15, -0.1) is 15.3 Å². The molecule has 4 nitrogen and oxygen atoms in total. The Morgan fingerprint density at radius 2 is 1.10 bits per heavy atom. The van der Waals surface area contributed by atoms with Gasteiger partial charge in [0.25, 0.3) is 0 Å². The molecule has 98 valence electrons. The third kappa shape index (κ3) is 2.54. The third-order valence-corrected chi connectivity index (χ3v) is 3.07. The number of aryl methyl sites for hydroxylation is 2. The monoisotopic (exact) mass is 262 g/mol. The smallest absolute Gasteiger partial charge is 0.113 e. The van der Waals surface area contributed by atoms with E-state index in [1.807, 2.05) is 43.3 Å². The van der Waals surface area contributed by atoms with Crippen LogP contribution in [-0.4, -0.2) is 20.4 Å². The predicted molar refractivity (Wildman–Crippen MR) is 78.0 cm³/mol. The zero-order valence-corrected chi connectivity index (χ0v) is 11.4. The molecule has 0 aliphatic carbocycles. The second-order valence-corrected chi connectivity index (χ2v) is 4.73. The normalized spacial score (nSPS) is 10.5. The van der Waals surface area contributed by atoms with E-state index in [1.54, 1.807) is 0 Å². The second-order valence-electron chi connectivity index (χ2n) is 4.73. The van der Waals surface area contributed by atoms with Crippen LogP contribution in [0, 0.1) is 13.8 Å². The quantitative estimate of drug-likeness (QED) is 0.711. The number of nitrogens with zero attached hydrogens (tertiary/aromatic N) is 4. The lowest BCUT2D eigenvalue weighted by atomic mass is 10.1. The van der Waals surface area contributed by atoms with Gasteiger partial charge in [-0.3, -0.25) is 0 Å². The van der Waals surface area contributed by atoms with E-state index >= 15 is 0 Å². The van der Waals surface area contributed by atoms with Gasteiger partial charge in [0.15, 0.2) is 0 Å². The molecule has 0 bridgehead atoms. The third-order valence-electron chi connectivity index (χ3n) is 3.07. The largest absolute Gasteiger partial charge is 0.155 e. The molecule has 0 N–H and O–H groups in total. The number of aromatic nitrogens is 4. The van der Waals surface area contributed by atoms with E-state index in [-0.39, 0.29) is 0 Å². The lowest BCUT2D eigenvalue weighted by Crippen LogP contribution is -1.94. The van der Waals surface area contributed by atoms with Crippen LogP contribution in [0.3, 0.4) is 0 Å². The van der Waals surface area contributed by atoms with Crippen LogP contribution >= 0.6 is 0 Å². The van der Waals surface area contributed by atoms with Crippen LogP contribution in [0.2, 0.25) is 0 Å². The van der Waals surface area contributed by atoms with Crippen molar-refractivity contribution in [2.75, 3.05) is 0 Å². The molecular weight excluding hydrogens is 248 g/mol. The first-order valence-corrected chi connectivity index (χ1v) is 6.44. The van der Waals surface area contributed by atoms with Crippen molar-refractivity contribution < 1.29 is 0 Å². The van der Waals surface area contributed by atoms with Crippen molar-refractivity contribution in [1.82, 2.24) is 20.4 Å². The highest BCUT2D eigenvalue weighted by Gasteiger charge is 2.04. The highest BCUT2D eigenvalue weighted by Crippen LogP contribution is 2.19. The van der Waals surface area contributed by atoms with Gasteiger partial charge >= 0.3 is 0 Å². The molecule has 0 atom stereocenters. The molecule has 0 aliphatic heterocycles. The molecule has 0 amide bonds. The van der Waals surface area contributed by atoms with Gasteiger partial charge in [0, 0.05) is 5.56 Å². The fraction of sp³-hybridized carbons (Fsp3) is 0.125. The van der Waals surface area contributed by atoms with E-state index in [0.717, 1.165) is 28.3 Å². The molecule has 3 aromatic rings. The minimum Gasteiger partial charge on any atom is -0.155 e. The van der Waals surface area contributed by atoms with Crippen LogP contribution < -0.4 is 0 Å². The van der Waals surface area contributed by atoms with Gasteiger partial charge in [-0.1, -0.05) is 29.8 Å². The van der Waals surface area contributed by atoms with Gasteiger partial charge in [-0.2, -0.15) is 5.10 Å². The maximum atomic E-state index is 4.26. The Labute approximate surface area is 117 Å².